The molecule has 0 atom stereocenters. The molecule has 5 nitrogen and oxygen atoms in total. The van der Waals surface area contributed by atoms with Gasteiger partial charge in [0.15, 0.2) is 0 Å². The molecule has 11 heavy (non-hydrogen) atoms. The fourth-order valence-corrected chi connectivity index (χ4v) is 0.969. The first-order chi connectivity index (χ1) is 5.22. The van der Waals surface area contributed by atoms with Gasteiger partial charge in [-0.2, -0.15) is 0 Å². The highest BCUT2D eigenvalue weighted by atomic mass is 79.9. The predicted molar refractivity (Wildman–Crippen MR) is 41.5 cm³/mol. The van der Waals surface area contributed by atoms with Crippen LogP contribution in [0.3, 0.4) is 0 Å². The Kier molecular flexibility index (Phi) is 2.70. The van der Waals surface area contributed by atoms with Crippen molar-refractivity contribution >= 4 is 15.9 Å². The molecule has 1 saturated heterocycles. The third-order valence-electron chi connectivity index (χ3n) is 1.20. The quantitative estimate of drug-likeness (QED) is 0.405. The molecule has 0 unspecified atom stereocenters. The maximum Gasteiger partial charge on any atom is 0.369 e. The molecule has 1 rings (SSSR count). The molecule has 0 aromatic rings. The van der Waals surface area contributed by atoms with Crippen LogP contribution in [-0.2, 0) is 4.74 Å². The predicted octanol–water partition coefficient (Wildman–Crippen LogP) is 0.794. The summed E-state index contributed by atoms with van der Waals surface area (Å²) in [6, 6.07) is 0. The molecular weight excluding hydrogens is 216 g/mol. The van der Waals surface area contributed by atoms with E-state index in [1.54, 1.807) is 0 Å². The topological polar surface area (TPSA) is 64.4 Å². The molecule has 0 radical (unpaired) electrons. The Balaban J connectivity index is 2.68. The minimum absolute atomic E-state index is 0.141. The van der Waals surface area contributed by atoms with E-state index in [2.05, 4.69) is 21.2 Å². The minimum Gasteiger partial charge on any atom is -0.474 e. The van der Waals surface area contributed by atoms with Crippen LogP contribution in [0.15, 0.2) is 10.5 Å². The lowest BCUT2D eigenvalue weighted by Gasteiger charge is -2.16. The van der Waals surface area contributed by atoms with Crippen molar-refractivity contribution in [2.75, 3.05) is 13.2 Å². The average Bonchev–Trinajstić information content (AvgIpc) is 2.05. The van der Waals surface area contributed by atoms with Gasteiger partial charge in [0.05, 0.1) is 11.5 Å². The third-order valence-corrected chi connectivity index (χ3v) is 1.85. The first kappa shape index (κ1) is 8.32. The maximum absolute atomic E-state index is 10.2. The first-order valence-corrected chi connectivity index (χ1v) is 3.92. The van der Waals surface area contributed by atoms with Crippen molar-refractivity contribution < 1.29 is 9.66 Å². The van der Waals surface area contributed by atoms with Gasteiger partial charge in [-0.05, 0) is 6.42 Å². The highest BCUT2D eigenvalue weighted by Gasteiger charge is 2.18. The van der Waals surface area contributed by atoms with Gasteiger partial charge >= 0.3 is 4.61 Å². The van der Waals surface area contributed by atoms with Gasteiger partial charge in [-0.25, -0.2) is 0 Å². The number of nitrogens with zero attached hydrogens (tertiary/aromatic N) is 1. The summed E-state index contributed by atoms with van der Waals surface area (Å²) < 4.78 is 4.84. The second-order valence-corrected chi connectivity index (χ2v) is 2.76. The van der Waals surface area contributed by atoms with Crippen molar-refractivity contribution in [3.63, 3.8) is 0 Å². The lowest BCUT2D eigenvalue weighted by Crippen LogP contribution is -2.26. The van der Waals surface area contributed by atoms with E-state index in [0.29, 0.717) is 6.61 Å². The average molecular weight is 223 g/mol. The Morgan fingerprint density at radius 3 is 3.00 bits per heavy atom. The van der Waals surface area contributed by atoms with Gasteiger partial charge in [0.25, 0.3) is 5.88 Å². The van der Waals surface area contributed by atoms with Gasteiger partial charge in [-0.15, -0.1) is 0 Å². The Labute approximate surface area is 71.7 Å². The van der Waals surface area contributed by atoms with Gasteiger partial charge in [0.2, 0.25) is 0 Å². The molecule has 1 aliphatic heterocycles. The van der Waals surface area contributed by atoms with E-state index in [-0.39, 0.29) is 10.5 Å². The zero-order chi connectivity index (χ0) is 8.27. The highest BCUT2D eigenvalue weighted by Crippen LogP contribution is 2.13. The summed E-state index contributed by atoms with van der Waals surface area (Å²) in [5, 5.41) is 12.9. The van der Waals surface area contributed by atoms with Crippen LogP contribution in [0, 0.1) is 10.1 Å². The normalized spacial score (nSPS) is 21.5. The second-order valence-electron chi connectivity index (χ2n) is 2.01. The largest absolute Gasteiger partial charge is 0.474 e. The summed E-state index contributed by atoms with van der Waals surface area (Å²) in [6.07, 6.45) is 0.876. The van der Waals surface area contributed by atoms with Gasteiger partial charge in [-0.3, -0.25) is 10.1 Å². The maximum atomic E-state index is 10.2. The smallest absolute Gasteiger partial charge is 0.369 e. The molecule has 0 aromatic heterocycles. The molecule has 0 bridgehead atoms. The second kappa shape index (κ2) is 3.56. The molecule has 1 fully saturated rings. The fourth-order valence-electron chi connectivity index (χ4n) is 0.715. The Hall–Kier alpha value is -0.780. The van der Waals surface area contributed by atoms with Gasteiger partial charge in [0, 0.05) is 22.5 Å². The molecule has 1 aliphatic rings. The molecule has 0 aliphatic carbocycles. The van der Waals surface area contributed by atoms with E-state index in [1.165, 1.54) is 0 Å². The van der Waals surface area contributed by atoms with E-state index in [9.17, 15) is 10.1 Å². The van der Waals surface area contributed by atoms with E-state index in [0.717, 1.165) is 13.0 Å². The fraction of sp³-hybridized carbons (Fsp3) is 0.600. The Morgan fingerprint density at radius 2 is 2.55 bits per heavy atom. The first-order valence-electron chi connectivity index (χ1n) is 3.12. The summed E-state index contributed by atoms with van der Waals surface area (Å²) in [6.45, 7) is 1.25. The molecule has 0 saturated carbocycles. The van der Waals surface area contributed by atoms with Crippen LogP contribution in [0.4, 0.5) is 0 Å². The number of ether oxygens (including phenoxy) is 1. The van der Waals surface area contributed by atoms with Gasteiger partial charge in [-0.1, -0.05) is 0 Å². The number of nitro groups is 1. The number of hydrogen-bond donors (Lipinski definition) is 1. The zero-order valence-electron chi connectivity index (χ0n) is 5.67. The molecule has 0 aromatic carbocycles. The molecule has 0 spiro atoms. The van der Waals surface area contributed by atoms with Crippen molar-refractivity contribution in [3.8, 4) is 0 Å². The molecular formula is C5H7BrN2O3. The summed E-state index contributed by atoms with van der Waals surface area (Å²) in [5.74, 6) is 0.223. The van der Waals surface area contributed by atoms with Gasteiger partial charge < -0.3 is 10.1 Å². The third kappa shape index (κ3) is 2.07. The summed E-state index contributed by atoms with van der Waals surface area (Å²) in [5.41, 5.74) is 0. The number of nitrogens with one attached hydrogen (secondary N) is 1. The van der Waals surface area contributed by atoms with Crippen molar-refractivity contribution in [2.45, 2.75) is 6.42 Å². The highest BCUT2D eigenvalue weighted by molar-refractivity contribution is 9.11. The number of rotatable bonds is 1. The number of halogens is 1. The number of hydrogen-bond acceptors (Lipinski definition) is 4. The van der Waals surface area contributed by atoms with Crippen LogP contribution < -0.4 is 5.32 Å². The molecule has 6 heteroatoms. The Bertz CT molecular complexity index is 196. The SMILES string of the molecule is O=[N+]([O-])C(Br)=C1NCCCO1. The van der Waals surface area contributed by atoms with Crippen molar-refractivity contribution in [1.82, 2.24) is 5.32 Å². The Morgan fingerprint density at radius 1 is 1.82 bits per heavy atom. The van der Waals surface area contributed by atoms with Crippen LogP contribution in [0.25, 0.3) is 0 Å². The molecule has 1 heterocycles. The monoisotopic (exact) mass is 222 g/mol. The van der Waals surface area contributed by atoms with Crippen molar-refractivity contribution in [1.29, 1.82) is 0 Å². The van der Waals surface area contributed by atoms with Crippen LogP contribution in [0.1, 0.15) is 6.42 Å². The lowest BCUT2D eigenvalue weighted by atomic mass is 10.4. The summed E-state index contributed by atoms with van der Waals surface area (Å²) in [4.78, 5) is 9.65. The molecule has 0 amide bonds. The van der Waals surface area contributed by atoms with Crippen LogP contribution in [0.5, 0.6) is 0 Å². The summed E-state index contributed by atoms with van der Waals surface area (Å²) in [7, 11) is 0. The van der Waals surface area contributed by atoms with Crippen LogP contribution in [-0.4, -0.2) is 18.1 Å². The van der Waals surface area contributed by atoms with Gasteiger partial charge in [0.1, 0.15) is 0 Å². The standard InChI is InChI=1S/C5H7BrN2O3/c6-4(8(9)10)5-7-2-1-3-11-5/h7H,1-3H2. The van der Waals surface area contributed by atoms with E-state index >= 15 is 0 Å². The molecule has 1 N–H and O–H groups in total. The van der Waals surface area contributed by atoms with E-state index in [4.69, 9.17) is 4.74 Å². The van der Waals surface area contributed by atoms with E-state index in [1.807, 2.05) is 0 Å². The van der Waals surface area contributed by atoms with Crippen LogP contribution in [0.2, 0.25) is 0 Å². The molecule has 62 valence electrons. The van der Waals surface area contributed by atoms with Crippen molar-refractivity contribution in [3.05, 3.63) is 20.6 Å². The summed E-state index contributed by atoms with van der Waals surface area (Å²) >= 11 is 2.80. The minimum atomic E-state index is -0.534. The van der Waals surface area contributed by atoms with Crippen molar-refractivity contribution in [2.24, 2.45) is 0 Å². The lowest BCUT2D eigenvalue weighted by molar-refractivity contribution is -0.412. The van der Waals surface area contributed by atoms with Crippen LogP contribution >= 0.6 is 15.9 Å². The van der Waals surface area contributed by atoms with E-state index < -0.39 is 4.92 Å². The zero-order valence-corrected chi connectivity index (χ0v) is 7.26.